The third-order valence-corrected chi connectivity index (χ3v) is 1.97. The highest BCUT2D eigenvalue weighted by Crippen LogP contribution is 2.14. The van der Waals surface area contributed by atoms with E-state index in [4.69, 9.17) is 14.7 Å². The maximum atomic E-state index is 10.5. The average Bonchev–Trinajstić information content (AvgIpc) is 2.77. The summed E-state index contributed by atoms with van der Waals surface area (Å²) in [6, 6.07) is 6.39. The number of phenols is 1. The number of carboxylic acids is 1. The maximum absolute atomic E-state index is 10.5. The Balaban J connectivity index is 1.97. The standard InChI is InChI=1S/C10H9N3O4/c14-7-3-1-6(2-4-7)11-5-8-12-9(10(15)16)13-17-8/h1-4,11,14H,5H2,(H,15,16). The van der Waals surface area contributed by atoms with Crippen LogP contribution in [0.15, 0.2) is 28.8 Å². The first-order valence-corrected chi connectivity index (χ1v) is 4.74. The van der Waals surface area contributed by atoms with Crippen LogP contribution in [0.5, 0.6) is 5.75 Å². The van der Waals surface area contributed by atoms with Crippen molar-refractivity contribution in [2.24, 2.45) is 0 Å². The van der Waals surface area contributed by atoms with Gasteiger partial charge in [-0.2, -0.15) is 4.98 Å². The van der Waals surface area contributed by atoms with E-state index in [0.717, 1.165) is 5.69 Å². The van der Waals surface area contributed by atoms with Gasteiger partial charge in [0.15, 0.2) is 0 Å². The summed E-state index contributed by atoms with van der Waals surface area (Å²) < 4.78 is 4.72. The van der Waals surface area contributed by atoms with Gasteiger partial charge in [0.05, 0.1) is 6.54 Å². The average molecular weight is 235 g/mol. The van der Waals surface area contributed by atoms with E-state index in [9.17, 15) is 4.79 Å². The first-order chi connectivity index (χ1) is 8.15. The predicted molar refractivity (Wildman–Crippen MR) is 56.7 cm³/mol. The van der Waals surface area contributed by atoms with Gasteiger partial charge >= 0.3 is 5.97 Å². The number of nitrogens with one attached hydrogen (secondary N) is 1. The van der Waals surface area contributed by atoms with Gasteiger partial charge in [-0.05, 0) is 29.4 Å². The van der Waals surface area contributed by atoms with Crippen molar-refractivity contribution in [3.8, 4) is 5.75 Å². The summed E-state index contributed by atoms with van der Waals surface area (Å²) in [5, 5.41) is 23.9. The largest absolute Gasteiger partial charge is 0.508 e. The van der Waals surface area contributed by atoms with Gasteiger partial charge in [-0.25, -0.2) is 4.79 Å². The zero-order chi connectivity index (χ0) is 12.3. The van der Waals surface area contributed by atoms with Crippen LogP contribution < -0.4 is 5.32 Å². The number of benzene rings is 1. The second-order valence-electron chi connectivity index (χ2n) is 3.22. The third kappa shape index (κ3) is 2.71. The Morgan fingerprint density at radius 3 is 2.65 bits per heavy atom. The van der Waals surface area contributed by atoms with Gasteiger partial charge in [0, 0.05) is 5.69 Å². The second kappa shape index (κ2) is 4.52. The molecule has 0 amide bonds. The monoisotopic (exact) mass is 235 g/mol. The summed E-state index contributed by atoms with van der Waals surface area (Å²) in [4.78, 5) is 14.1. The van der Waals surface area contributed by atoms with Crippen molar-refractivity contribution >= 4 is 11.7 Å². The van der Waals surface area contributed by atoms with E-state index in [1.807, 2.05) is 0 Å². The van der Waals surface area contributed by atoms with Gasteiger partial charge in [-0.15, -0.1) is 0 Å². The van der Waals surface area contributed by atoms with E-state index in [-0.39, 0.29) is 24.0 Å². The molecule has 0 atom stereocenters. The van der Waals surface area contributed by atoms with Crippen molar-refractivity contribution in [1.29, 1.82) is 0 Å². The third-order valence-electron chi connectivity index (χ3n) is 1.97. The van der Waals surface area contributed by atoms with Crippen LogP contribution in [-0.2, 0) is 6.54 Å². The topological polar surface area (TPSA) is 108 Å². The first-order valence-electron chi connectivity index (χ1n) is 4.74. The van der Waals surface area contributed by atoms with Crippen LogP contribution in [0.3, 0.4) is 0 Å². The number of aromatic carboxylic acids is 1. The van der Waals surface area contributed by atoms with Gasteiger partial charge in [0.1, 0.15) is 5.75 Å². The first kappa shape index (κ1) is 10.9. The number of hydrogen-bond acceptors (Lipinski definition) is 6. The number of anilines is 1. The summed E-state index contributed by atoms with van der Waals surface area (Å²) in [5.74, 6) is -1.26. The molecule has 1 aromatic carbocycles. The van der Waals surface area contributed by atoms with Crippen LogP contribution in [0.2, 0.25) is 0 Å². The van der Waals surface area contributed by atoms with E-state index in [2.05, 4.69) is 15.5 Å². The lowest BCUT2D eigenvalue weighted by Crippen LogP contribution is -2.02. The summed E-state index contributed by atoms with van der Waals surface area (Å²) >= 11 is 0. The molecule has 7 heteroatoms. The number of rotatable bonds is 4. The molecule has 0 unspecified atom stereocenters. The highest BCUT2D eigenvalue weighted by atomic mass is 16.5. The summed E-state index contributed by atoms with van der Waals surface area (Å²) in [6.45, 7) is 0.213. The number of phenolic OH excluding ortho intramolecular Hbond substituents is 1. The van der Waals surface area contributed by atoms with Crippen molar-refractivity contribution in [1.82, 2.24) is 10.1 Å². The van der Waals surface area contributed by atoms with Crippen LogP contribution in [0.4, 0.5) is 5.69 Å². The Kier molecular flexibility index (Phi) is 2.91. The van der Waals surface area contributed by atoms with E-state index < -0.39 is 5.97 Å². The fourth-order valence-corrected chi connectivity index (χ4v) is 1.17. The minimum atomic E-state index is -1.23. The molecule has 0 saturated carbocycles. The number of carbonyl (C=O) groups is 1. The number of nitrogens with zero attached hydrogens (tertiary/aromatic N) is 2. The minimum absolute atomic E-state index is 0.168. The van der Waals surface area contributed by atoms with E-state index in [0.29, 0.717) is 0 Å². The maximum Gasteiger partial charge on any atom is 0.377 e. The molecule has 0 spiro atoms. The highest BCUT2D eigenvalue weighted by Gasteiger charge is 2.12. The molecule has 2 aromatic rings. The molecule has 0 fully saturated rings. The number of aromatic hydroxyl groups is 1. The van der Waals surface area contributed by atoms with Crippen LogP contribution in [-0.4, -0.2) is 26.3 Å². The van der Waals surface area contributed by atoms with E-state index >= 15 is 0 Å². The molecular weight excluding hydrogens is 226 g/mol. The van der Waals surface area contributed by atoms with E-state index in [1.165, 1.54) is 12.1 Å². The zero-order valence-corrected chi connectivity index (χ0v) is 8.62. The van der Waals surface area contributed by atoms with Crippen LogP contribution in [0, 0.1) is 0 Å². The second-order valence-corrected chi connectivity index (χ2v) is 3.22. The van der Waals surface area contributed by atoms with Crippen molar-refractivity contribution in [3.63, 3.8) is 0 Å². The molecule has 0 aliphatic heterocycles. The lowest BCUT2D eigenvalue weighted by molar-refractivity contribution is 0.0680. The Morgan fingerprint density at radius 2 is 2.06 bits per heavy atom. The zero-order valence-electron chi connectivity index (χ0n) is 8.62. The van der Waals surface area contributed by atoms with E-state index in [1.54, 1.807) is 12.1 Å². The summed E-state index contributed by atoms with van der Waals surface area (Å²) in [6.07, 6.45) is 0. The van der Waals surface area contributed by atoms with Gasteiger partial charge in [0.2, 0.25) is 5.89 Å². The fourth-order valence-electron chi connectivity index (χ4n) is 1.17. The number of aromatic nitrogens is 2. The number of carboxylic acid groups (broad SMARTS) is 1. The molecule has 0 saturated heterocycles. The van der Waals surface area contributed by atoms with Crippen molar-refractivity contribution in [2.45, 2.75) is 6.54 Å². The van der Waals surface area contributed by atoms with Gasteiger partial charge in [-0.1, -0.05) is 0 Å². The lowest BCUT2D eigenvalue weighted by Gasteiger charge is -2.02. The summed E-state index contributed by atoms with van der Waals surface area (Å²) in [7, 11) is 0. The summed E-state index contributed by atoms with van der Waals surface area (Å²) in [5.41, 5.74) is 0.748. The molecule has 0 radical (unpaired) electrons. The predicted octanol–water partition coefficient (Wildman–Crippen LogP) is 1.09. The highest BCUT2D eigenvalue weighted by molar-refractivity contribution is 5.82. The van der Waals surface area contributed by atoms with Crippen LogP contribution in [0.25, 0.3) is 0 Å². The molecule has 3 N–H and O–H groups in total. The van der Waals surface area contributed by atoms with Crippen molar-refractivity contribution in [2.75, 3.05) is 5.32 Å². The Hall–Kier alpha value is -2.57. The molecule has 17 heavy (non-hydrogen) atoms. The van der Waals surface area contributed by atoms with Crippen LogP contribution in [0.1, 0.15) is 16.5 Å². The minimum Gasteiger partial charge on any atom is -0.508 e. The fraction of sp³-hybridized carbons (Fsp3) is 0.100. The van der Waals surface area contributed by atoms with Gasteiger partial charge in [-0.3, -0.25) is 0 Å². The molecule has 2 rings (SSSR count). The molecule has 0 aliphatic carbocycles. The smallest absolute Gasteiger partial charge is 0.377 e. The van der Waals surface area contributed by atoms with Gasteiger partial charge in [0.25, 0.3) is 5.82 Å². The molecular formula is C10H9N3O4. The quantitative estimate of drug-likeness (QED) is 0.680. The Morgan fingerprint density at radius 1 is 1.35 bits per heavy atom. The van der Waals surface area contributed by atoms with Crippen molar-refractivity contribution in [3.05, 3.63) is 36.0 Å². The molecule has 88 valence electrons. The Labute approximate surface area is 95.7 Å². The van der Waals surface area contributed by atoms with Crippen LogP contribution >= 0.6 is 0 Å². The molecule has 1 heterocycles. The molecule has 0 bridgehead atoms. The molecule has 1 aromatic heterocycles. The SMILES string of the molecule is O=C(O)c1noc(CNc2ccc(O)cc2)n1. The number of hydrogen-bond donors (Lipinski definition) is 3. The van der Waals surface area contributed by atoms with Gasteiger partial charge < -0.3 is 20.1 Å². The normalized spacial score (nSPS) is 10.1. The van der Waals surface area contributed by atoms with Crippen molar-refractivity contribution < 1.29 is 19.5 Å². The molecule has 7 nitrogen and oxygen atoms in total. The lowest BCUT2D eigenvalue weighted by atomic mass is 10.3. The Bertz CT molecular complexity index is 521. The molecule has 0 aliphatic rings.